The smallest absolute Gasteiger partial charge is 0.202 e. The van der Waals surface area contributed by atoms with Gasteiger partial charge in [-0.2, -0.15) is 0 Å². The van der Waals surface area contributed by atoms with Gasteiger partial charge in [0, 0.05) is 11.4 Å². The van der Waals surface area contributed by atoms with E-state index >= 15 is 0 Å². The highest BCUT2D eigenvalue weighted by atomic mass is 32.1. The number of benzene rings is 1. The lowest BCUT2D eigenvalue weighted by Gasteiger charge is -2.08. The van der Waals surface area contributed by atoms with Gasteiger partial charge in [-0.25, -0.2) is 4.98 Å². The average Bonchev–Trinajstić information content (AvgIpc) is 2.92. The van der Waals surface area contributed by atoms with Gasteiger partial charge >= 0.3 is 0 Å². The largest absolute Gasteiger partial charge is 0.496 e. The molecule has 0 atom stereocenters. The molecule has 2 aromatic heterocycles. The van der Waals surface area contributed by atoms with E-state index in [0.717, 1.165) is 22.7 Å². The highest BCUT2D eigenvalue weighted by Gasteiger charge is 2.14. The molecule has 0 aliphatic rings. The Hall–Kier alpha value is -2.14. The number of fused-ring (bicyclic) bond motifs is 1. The van der Waals surface area contributed by atoms with Crippen molar-refractivity contribution >= 4 is 22.3 Å². The van der Waals surface area contributed by atoms with E-state index in [4.69, 9.17) is 9.15 Å². The number of hydrogen-bond donors (Lipinski definition) is 0. The van der Waals surface area contributed by atoms with E-state index in [-0.39, 0.29) is 5.43 Å². The fourth-order valence-corrected chi connectivity index (χ4v) is 2.95. The number of ether oxygens (including phenoxy) is 1. The fraction of sp³-hybridized carbons (Fsp3) is 0.250. The Morgan fingerprint density at radius 2 is 2.19 bits per heavy atom. The standard InChI is InChI=1S/C16H15NO3S/c1-4-10-5-11-15(6-14(10)19-3)20-7-12(16(11)18)13-8-21-9(2)17-13/h5-8H,4H2,1-3H3. The molecule has 5 heteroatoms. The first-order chi connectivity index (χ1) is 10.1. The van der Waals surface area contributed by atoms with Gasteiger partial charge in [0.25, 0.3) is 0 Å². The highest BCUT2D eigenvalue weighted by molar-refractivity contribution is 7.09. The van der Waals surface area contributed by atoms with Gasteiger partial charge in [0.15, 0.2) is 0 Å². The predicted octanol–water partition coefficient (Wildman–Crippen LogP) is 3.80. The third-order valence-electron chi connectivity index (χ3n) is 3.45. The summed E-state index contributed by atoms with van der Waals surface area (Å²) in [5.41, 5.74) is 2.63. The highest BCUT2D eigenvalue weighted by Crippen LogP contribution is 2.27. The zero-order chi connectivity index (χ0) is 15.0. The summed E-state index contributed by atoms with van der Waals surface area (Å²) in [7, 11) is 1.62. The molecule has 21 heavy (non-hydrogen) atoms. The van der Waals surface area contributed by atoms with Crippen LogP contribution in [-0.4, -0.2) is 12.1 Å². The van der Waals surface area contributed by atoms with E-state index in [1.165, 1.54) is 17.6 Å². The second kappa shape index (κ2) is 5.33. The minimum atomic E-state index is -0.0566. The van der Waals surface area contributed by atoms with Gasteiger partial charge in [-0.05, 0) is 25.0 Å². The fourth-order valence-electron chi connectivity index (χ4n) is 2.33. The molecule has 4 nitrogen and oxygen atoms in total. The molecular formula is C16H15NO3S. The second-order valence-electron chi connectivity index (χ2n) is 4.74. The Morgan fingerprint density at radius 1 is 1.38 bits per heavy atom. The minimum Gasteiger partial charge on any atom is -0.496 e. The average molecular weight is 301 g/mol. The van der Waals surface area contributed by atoms with E-state index in [1.807, 2.05) is 25.3 Å². The molecule has 0 aliphatic heterocycles. The molecule has 0 fully saturated rings. The van der Waals surface area contributed by atoms with E-state index in [0.29, 0.717) is 22.2 Å². The molecule has 0 unspecified atom stereocenters. The molecule has 0 bridgehead atoms. The van der Waals surface area contributed by atoms with Crippen LogP contribution in [0.25, 0.3) is 22.2 Å². The van der Waals surface area contributed by atoms with Crippen molar-refractivity contribution in [2.24, 2.45) is 0 Å². The van der Waals surface area contributed by atoms with Crippen LogP contribution in [0.2, 0.25) is 0 Å². The number of thiazole rings is 1. The molecule has 3 rings (SSSR count). The first-order valence-electron chi connectivity index (χ1n) is 6.69. The number of hydrogen-bond acceptors (Lipinski definition) is 5. The molecule has 0 N–H and O–H groups in total. The molecule has 0 saturated carbocycles. The lowest BCUT2D eigenvalue weighted by molar-refractivity contribution is 0.409. The van der Waals surface area contributed by atoms with Crippen molar-refractivity contribution in [3.8, 4) is 17.0 Å². The molecule has 3 aromatic rings. The van der Waals surface area contributed by atoms with Crippen LogP contribution in [0.5, 0.6) is 5.75 Å². The number of aryl methyl sites for hydroxylation is 2. The van der Waals surface area contributed by atoms with Gasteiger partial charge in [-0.3, -0.25) is 4.79 Å². The van der Waals surface area contributed by atoms with Crippen LogP contribution in [0, 0.1) is 6.92 Å². The lowest BCUT2D eigenvalue weighted by atomic mass is 10.1. The van der Waals surface area contributed by atoms with Crippen molar-refractivity contribution in [3.63, 3.8) is 0 Å². The summed E-state index contributed by atoms with van der Waals surface area (Å²) in [6.07, 6.45) is 2.27. The van der Waals surface area contributed by atoms with Crippen LogP contribution >= 0.6 is 11.3 Å². The van der Waals surface area contributed by atoms with Crippen molar-refractivity contribution < 1.29 is 9.15 Å². The number of methoxy groups -OCH3 is 1. The van der Waals surface area contributed by atoms with E-state index in [1.54, 1.807) is 13.2 Å². The maximum Gasteiger partial charge on any atom is 0.202 e. The first kappa shape index (κ1) is 13.8. The van der Waals surface area contributed by atoms with Crippen molar-refractivity contribution in [3.05, 3.63) is 44.6 Å². The summed E-state index contributed by atoms with van der Waals surface area (Å²) in [5.74, 6) is 0.741. The molecule has 0 radical (unpaired) electrons. The first-order valence-corrected chi connectivity index (χ1v) is 7.57. The van der Waals surface area contributed by atoms with Crippen LogP contribution in [0.3, 0.4) is 0 Å². The molecule has 108 valence electrons. The molecule has 2 heterocycles. The second-order valence-corrected chi connectivity index (χ2v) is 5.81. The minimum absolute atomic E-state index is 0.0566. The van der Waals surface area contributed by atoms with Gasteiger partial charge < -0.3 is 9.15 Å². The summed E-state index contributed by atoms with van der Waals surface area (Å²) in [5, 5.41) is 3.36. The summed E-state index contributed by atoms with van der Waals surface area (Å²) < 4.78 is 10.9. The molecule has 0 amide bonds. The number of aromatic nitrogens is 1. The summed E-state index contributed by atoms with van der Waals surface area (Å²) >= 11 is 1.52. The molecule has 1 aromatic carbocycles. The maximum atomic E-state index is 12.7. The van der Waals surface area contributed by atoms with Gasteiger partial charge in [0.2, 0.25) is 5.43 Å². The summed E-state index contributed by atoms with van der Waals surface area (Å²) in [4.78, 5) is 17.0. The Kier molecular flexibility index (Phi) is 3.51. The van der Waals surface area contributed by atoms with Gasteiger partial charge in [0.1, 0.15) is 17.6 Å². The summed E-state index contributed by atoms with van der Waals surface area (Å²) in [6, 6.07) is 3.62. The molecule has 0 aliphatic carbocycles. The zero-order valence-corrected chi connectivity index (χ0v) is 12.9. The van der Waals surface area contributed by atoms with Crippen LogP contribution in [0.15, 0.2) is 33.0 Å². The van der Waals surface area contributed by atoms with Crippen molar-refractivity contribution in [1.82, 2.24) is 4.98 Å². The zero-order valence-electron chi connectivity index (χ0n) is 12.1. The van der Waals surface area contributed by atoms with E-state index in [2.05, 4.69) is 4.98 Å². The molecule has 0 saturated heterocycles. The number of rotatable bonds is 3. The Morgan fingerprint density at radius 3 is 2.81 bits per heavy atom. The maximum absolute atomic E-state index is 12.7. The SMILES string of the molecule is CCc1cc2c(=O)c(-c3csc(C)n3)coc2cc1OC. The van der Waals surface area contributed by atoms with Crippen LogP contribution in [0.1, 0.15) is 17.5 Å². The van der Waals surface area contributed by atoms with Gasteiger partial charge in [-0.1, -0.05) is 6.92 Å². The molecular weight excluding hydrogens is 286 g/mol. The molecule has 0 spiro atoms. The van der Waals surface area contributed by atoms with Crippen molar-refractivity contribution in [2.75, 3.05) is 7.11 Å². The van der Waals surface area contributed by atoms with Crippen molar-refractivity contribution in [1.29, 1.82) is 0 Å². The van der Waals surface area contributed by atoms with Crippen LogP contribution < -0.4 is 10.2 Å². The topological polar surface area (TPSA) is 52.3 Å². The van der Waals surface area contributed by atoms with E-state index in [9.17, 15) is 4.79 Å². The quantitative estimate of drug-likeness (QED) is 0.738. The normalized spacial score (nSPS) is 11.0. The van der Waals surface area contributed by atoms with Crippen molar-refractivity contribution in [2.45, 2.75) is 20.3 Å². The third kappa shape index (κ3) is 2.34. The van der Waals surface area contributed by atoms with Gasteiger partial charge in [0.05, 0.1) is 28.8 Å². The van der Waals surface area contributed by atoms with Crippen LogP contribution in [0.4, 0.5) is 0 Å². The number of nitrogens with zero attached hydrogens (tertiary/aromatic N) is 1. The summed E-state index contributed by atoms with van der Waals surface area (Å²) in [6.45, 7) is 3.94. The van der Waals surface area contributed by atoms with Gasteiger partial charge in [-0.15, -0.1) is 11.3 Å². The van der Waals surface area contributed by atoms with Crippen LogP contribution in [-0.2, 0) is 6.42 Å². The van der Waals surface area contributed by atoms with E-state index < -0.39 is 0 Å². The predicted molar refractivity (Wildman–Crippen MR) is 84.3 cm³/mol. The Balaban J connectivity index is 2.27. The lowest BCUT2D eigenvalue weighted by Crippen LogP contribution is -2.06. The Bertz CT molecular complexity index is 864. The monoisotopic (exact) mass is 301 g/mol. The third-order valence-corrected chi connectivity index (χ3v) is 4.22. The Labute approximate surface area is 126 Å².